The molecule has 2 heterocycles. The standard InChI is InChI=1S/C11H10Cl2N2/c1-6(2)8-4-15-11(13)9-5-14-10(12)3-7(8)9/h3-5,11,15H,1H2,2H3. The molecule has 15 heavy (non-hydrogen) atoms. The highest BCUT2D eigenvalue weighted by molar-refractivity contribution is 6.29. The van der Waals surface area contributed by atoms with Gasteiger partial charge in [0.1, 0.15) is 10.7 Å². The van der Waals surface area contributed by atoms with Crippen molar-refractivity contribution in [2.24, 2.45) is 0 Å². The number of aromatic nitrogens is 1. The van der Waals surface area contributed by atoms with Crippen LogP contribution < -0.4 is 5.32 Å². The van der Waals surface area contributed by atoms with Crippen LogP contribution in [0.3, 0.4) is 0 Å². The molecule has 2 nitrogen and oxygen atoms in total. The van der Waals surface area contributed by atoms with Crippen molar-refractivity contribution in [3.63, 3.8) is 0 Å². The topological polar surface area (TPSA) is 24.9 Å². The Hall–Kier alpha value is -0.990. The fraction of sp³-hybridized carbons (Fsp3) is 0.182. The predicted molar refractivity (Wildman–Crippen MR) is 63.8 cm³/mol. The largest absolute Gasteiger partial charge is 0.371 e. The van der Waals surface area contributed by atoms with Crippen LogP contribution in [-0.2, 0) is 0 Å². The van der Waals surface area contributed by atoms with E-state index in [0.717, 1.165) is 22.3 Å². The Morgan fingerprint density at radius 2 is 2.33 bits per heavy atom. The van der Waals surface area contributed by atoms with Gasteiger partial charge in [-0.25, -0.2) is 4.98 Å². The molecule has 78 valence electrons. The zero-order chi connectivity index (χ0) is 11.0. The zero-order valence-electron chi connectivity index (χ0n) is 8.22. The lowest BCUT2D eigenvalue weighted by Crippen LogP contribution is -2.17. The van der Waals surface area contributed by atoms with Gasteiger partial charge >= 0.3 is 0 Å². The quantitative estimate of drug-likeness (QED) is 0.462. The summed E-state index contributed by atoms with van der Waals surface area (Å²) < 4.78 is 0. The molecule has 2 rings (SSSR count). The number of halogens is 2. The maximum Gasteiger partial charge on any atom is 0.129 e. The predicted octanol–water partition coefficient (Wildman–Crippen LogP) is 3.49. The third kappa shape index (κ3) is 1.87. The molecule has 1 aromatic heterocycles. The summed E-state index contributed by atoms with van der Waals surface area (Å²) in [7, 11) is 0. The summed E-state index contributed by atoms with van der Waals surface area (Å²) in [4.78, 5) is 4.02. The molecule has 0 radical (unpaired) electrons. The average Bonchev–Trinajstić information content (AvgIpc) is 2.17. The summed E-state index contributed by atoms with van der Waals surface area (Å²) in [5.74, 6) is 0. The third-order valence-corrected chi connectivity index (χ3v) is 2.87. The highest BCUT2D eigenvalue weighted by Gasteiger charge is 2.20. The Morgan fingerprint density at radius 3 is 3.00 bits per heavy atom. The van der Waals surface area contributed by atoms with Crippen molar-refractivity contribution in [3.05, 3.63) is 46.9 Å². The van der Waals surface area contributed by atoms with Gasteiger partial charge < -0.3 is 5.32 Å². The number of fused-ring (bicyclic) bond motifs is 1. The molecule has 0 saturated carbocycles. The summed E-state index contributed by atoms with van der Waals surface area (Å²) in [6.45, 7) is 5.86. The Labute approximate surface area is 98.6 Å². The van der Waals surface area contributed by atoms with Gasteiger partial charge in [0, 0.05) is 23.5 Å². The third-order valence-electron chi connectivity index (χ3n) is 2.30. The van der Waals surface area contributed by atoms with Crippen molar-refractivity contribution in [2.75, 3.05) is 0 Å². The number of allylic oxidation sites excluding steroid dienone is 2. The smallest absolute Gasteiger partial charge is 0.129 e. The average molecular weight is 241 g/mol. The SMILES string of the molecule is C=C(C)C1=CNC(Cl)c2cnc(Cl)cc21. The molecular formula is C11H10Cl2N2. The first-order chi connectivity index (χ1) is 7.09. The van der Waals surface area contributed by atoms with Gasteiger partial charge in [0.2, 0.25) is 0 Å². The van der Waals surface area contributed by atoms with Gasteiger partial charge in [-0.05, 0) is 24.1 Å². The lowest BCUT2D eigenvalue weighted by Gasteiger charge is -2.23. The molecule has 0 saturated heterocycles. The molecule has 1 N–H and O–H groups in total. The lowest BCUT2D eigenvalue weighted by atomic mass is 9.95. The summed E-state index contributed by atoms with van der Waals surface area (Å²) >= 11 is 12.0. The number of alkyl halides is 1. The van der Waals surface area contributed by atoms with Gasteiger partial charge in [0.15, 0.2) is 0 Å². The molecule has 0 spiro atoms. The first-order valence-electron chi connectivity index (χ1n) is 4.51. The monoisotopic (exact) mass is 240 g/mol. The summed E-state index contributed by atoms with van der Waals surface area (Å²) in [6.07, 6.45) is 3.55. The van der Waals surface area contributed by atoms with E-state index in [1.165, 1.54) is 0 Å². The molecule has 1 aliphatic rings. The van der Waals surface area contributed by atoms with Crippen LogP contribution in [0.15, 0.2) is 30.6 Å². The van der Waals surface area contributed by atoms with Gasteiger partial charge in [0.05, 0.1) is 0 Å². The van der Waals surface area contributed by atoms with E-state index in [4.69, 9.17) is 23.2 Å². The van der Waals surface area contributed by atoms with Crippen LogP contribution in [-0.4, -0.2) is 4.98 Å². The van der Waals surface area contributed by atoms with Gasteiger partial charge in [0.25, 0.3) is 0 Å². The van der Waals surface area contributed by atoms with Crippen LogP contribution in [0, 0.1) is 0 Å². The van der Waals surface area contributed by atoms with E-state index in [9.17, 15) is 0 Å². The molecule has 0 fully saturated rings. The molecule has 4 heteroatoms. The normalized spacial score (nSPS) is 18.9. The number of hydrogen-bond acceptors (Lipinski definition) is 2. The number of nitrogens with zero attached hydrogens (tertiary/aromatic N) is 1. The first-order valence-corrected chi connectivity index (χ1v) is 5.33. The van der Waals surface area contributed by atoms with Crippen molar-refractivity contribution in [1.82, 2.24) is 10.3 Å². The molecule has 1 unspecified atom stereocenters. The highest BCUT2D eigenvalue weighted by atomic mass is 35.5. The van der Waals surface area contributed by atoms with Gasteiger partial charge in [-0.2, -0.15) is 0 Å². The summed E-state index contributed by atoms with van der Waals surface area (Å²) in [5.41, 5.74) is 3.66. The molecule has 1 atom stereocenters. The van der Waals surface area contributed by atoms with E-state index in [-0.39, 0.29) is 5.50 Å². The zero-order valence-corrected chi connectivity index (χ0v) is 9.73. The van der Waals surface area contributed by atoms with E-state index >= 15 is 0 Å². The summed E-state index contributed by atoms with van der Waals surface area (Å²) in [6, 6.07) is 1.81. The number of pyridine rings is 1. The van der Waals surface area contributed by atoms with Crippen molar-refractivity contribution < 1.29 is 0 Å². The molecule has 0 aliphatic carbocycles. The van der Waals surface area contributed by atoms with Gasteiger partial charge in [-0.3, -0.25) is 0 Å². The number of nitrogens with one attached hydrogen (secondary N) is 1. The minimum atomic E-state index is -0.257. The van der Waals surface area contributed by atoms with Crippen molar-refractivity contribution >= 4 is 28.8 Å². The van der Waals surface area contributed by atoms with Crippen LogP contribution in [0.25, 0.3) is 5.57 Å². The van der Waals surface area contributed by atoms with Crippen LogP contribution in [0.1, 0.15) is 23.6 Å². The Bertz CT molecular complexity index is 452. The fourth-order valence-electron chi connectivity index (χ4n) is 1.55. The second-order valence-corrected chi connectivity index (χ2v) is 4.29. The molecule has 1 aliphatic heterocycles. The second kappa shape index (κ2) is 3.87. The van der Waals surface area contributed by atoms with E-state index < -0.39 is 0 Å². The van der Waals surface area contributed by atoms with Crippen LogP contribution >= 0.6 is 23.2 Å². The van der Waals surface area contributed by atoms with Crippen molar-refractivity contribution in [3.8, 4) is 0 Å². The second-order valence-electron chi connectivity index (χ2n) is 3.46. The van der Waals surface area contributed by atoms with E-state index in [2.05, 4.69) is 16.9 Å². The maximum absolute atomic E-state index is 6.10. The highest BCUT2D eigenvalue weighted by Crippen LogP contribution is 2.34. The lowest BCUT2D eigenvalue weighted by molar-refractivity contribution is 0.810. The molecule has 0 bridgehead atoms. The summed E-state index contributed by atoms with van der Waals surface area (Å²) in [5, 5.41) is 3.51. The number of hydrogen-bond donors (Lipinski definition) is 1. The van der Waals surface area contributed by atoms with Crippen molar-refractivity contribution in [1.29, 1.82) is 0 Å². The number of rotatable bonds is 1. The molecule has 0 amide bonds. The van der Waals surface area contributed by atoms with Gasteiger partial charge in [-0.15, -0.1) is 0 Å². The maximum atomic E-state index is 6.10. The van der Waals surface area contributed by atoms with E-state index in [0.29, 0.717) is 5.15 Å². The van der Waals surface area contributed by atoms with Crippen LogP contribution in [0.2, 0.25) is 5.15 Å². The first kappa shape index (κ1) is 10.5. The van der Waals surface area contributed by atoms with Crippen LogP contribution in [0.5, 0.6) is 0 Å². The minimum absolute atomic E-state index is 0.257. The molecule has 0 aromatic carbocycles. The molecular weight excluding hydrogens is 231 g/mol. The molecule has 1 aromatic rings. The van der Waals surface area contributed by atoms with Crippen LogP contribution in [0.4, 0.5) is 0 Å². The van der Waals surface area contributed by atoms with E-state index in [1.54, 1.807) is 6.20 Å². The van der Waals surface area contributed by atoms with Gasteiger partial charge in [-0.1, -0.05) is 29.8 Å². The van der Waals surface area contributed by atoms with E-state index in [1.807, 2.05) is 19.2 Å². The van der Waals surface area contributed by atoms with Crippen molar-refractivity contribution in [2.45, 2.75) is 12.4 Å². The Kier molecular flexibility index (Phi) is 2.72. The Morgan fingerprint density at radius 1 is 1.60 bits per heavy atom. The fourth-order valence-corrected chi connectivity index (χ4v) is 1.95. The Balaban J connectivity index is 2.60. The minimum Gasteiger partial charge on any atom is -0.371 e.